The molecule has 0 unspecified atom stereocenters. The number of aromatic amines is 1. The molecule has 48 heavy (non-hydrogen) atoms. The Balaban J connectivity index is 1.24. The Kier molecular flexibility index (Phi) is 10.6. The fraction of sp³-hybridized carbons (Fsp3) is 0.333. The van der Waals surface area contributed by atoms with Crippen LogP contribution < -0.4 is 19.4 Å². The van der Waals surface area contributed by atoms with Crippen molar-refractivity contribution in [3.05, 3.63) is 112 Å². The highest BCUT2D eigenvalue weighted by Gasteiger charge is 2.37. The van der Waals surface area contributed by atoms with Gasteiger partial charge in [-0.15, -0.1) is 0 Å². The number of aromatic nitrogens is 2. The molecule has 3 saturated heterocycles. The van der Waals surface area contributed by atoms with E-state index in [-0.39, 0.29) is 19.1 Å². The van der Waals surface area contributed by atoms with Crippen LogP contribution in [0.2, 0.25) is 10.0 Å². The van der Waals surface area contributed by atoms with Crippen LogP contribution in [0.3, 0.4) is 0 Å². The van der Waals surface area contributed by atoms with Crippen molar-refractivity contribution in [3.63, 3.8) is 0 Å². The minimum absolute atomic E-state index is 0.154. The van der Waals surface area contributed by atoms with Crippen molar-refractivity contribution in [1.82, 2.24) is 9.88 Å². The molecule has 0 aliphatic carbocycles. The van der Waals surface area contributed by atoms with Gasteiger partial charge in [0.15, 0.2) is 23.9 Å². The zero-order valence-corrected chi connectivity index (χ0v) is 28.2. The number of nitrogens with one attached hydrogen (secondary N) is 1. The van der Waals surface area contributed by atoms with Gasteiger partial charge in [0.25, 0.3) is 0 Å². The van der Waals surface area contributed by atoms with Crippen LogP contribution in [0.15, 0.2) is 79.4 Å². The fourth-order valence-corrected chi connectivity index (χ4v) is 6.86. The molecule has 5 heterocycles. The number of methoxy groups -OCH3 is 2. The number of hydrogen-bond donors (Lipinski definition) is 0. The predicted molar refractivity (Wildman–Crippen MR) is 181 cm³/mol. The lowest BCUT2D eigenvalue weighted by molar-refractivity contribution is -0.377. The Labute approximate surface area is 289 Å². The summed E-state index contributed by atoms with van der Waals surface area (Å²) in [6, 6.07) is 15.9. The number of carbonyl (C=O) groups excluding carboxylic acids is 2. The summed E-state index contributed by atoms with van der Waals surface area (Å²) in [6.45, 7) is 3.00. The van der Waals surface area contributed by atoms with Crippen LogP contribution in [-0.2, 0) is 22.4 Å². The lowest BCUT2D eigenvalue weighted by Gasteiger charge is -2.44. The van der Waals surface area contributed by atoms with E-state index in [0.717, 1.165) is 32.5 Å². The molecule has 0 radical (unpaired) electrons. The second kappa shape index (κ2) is 15.2. The van der Waals surface area contributed by atoms with Crippen molar-refractivity contribution < 1.29 is 33.5 Å². The van der Waals surface area contributed by atoms with Gasteiger partial charge in [0.1, 0.15) is 22.3 Å². The normalized spacial score (nSPS) is 18.9. The van der Waals surface area contributed by atoms with Crippen LogP contribution in [0, 0.1) is 5.92 Å². The van der Waals surface area contributed by atoms with Gasteiger partial charge in [-0.05, 0) is 79.4 Å². The van der Waals surface area contributed by atoms with Crippen LogP contribution in [0.1, 0.15) is 46.0 Å². The molecule has 10 nitrogen and oxygen atoms in total. The Bertz CT molecular complexity index is 1730. The average Bonchev–Trinajstić information content (AvgIpc) is 3.12. The van der Waals surface area contributed by atoms with E-state index in [1.54, 1.807) is 79.3 Å². The van der Waals surface area contributed by atoms with E-state index >= 15 is 0 Å². The molecule has 1 amide bonds. The number of fused-ring (bicyclic) bond motifs is 3. The van der Waals surface area contributed by atoms with Crippen molar-refractivity contribution in [2.75, 3.05) is 38.8 Å². The van der Waals surface area contributed by atoms with Gasteiger partial charge in [-0.1, -0.05) is 41.4 Å². The zero-order chi connectivity index (χ0) is 33.6. The Morgan fingerprint density at radius 1 is 1.00 bits per heavy atom. The molecule has 2 aromatic carbocycles. The number of halogens is 2. The van der Waals surface area contributed by atoms with E-state index in [4.69, 9.17) is 42.1 Å². The molecule has 2 atom stereocenters. The quantitative estimate of drug-likeness (QED) is 0.162. The van der Waals surface area contributed by atoms with E-state index in [1.165, 1.54) is 7.11 Å². The zero-order valence-electron chi connectivity index (χ0n) is 26.7. The van der Waals surface area contributed by atoms with E-state index in [0.29, 0.717) is 55.4 Å². The van der Waals surface area contributed by atoms with Crippen LogP contribution in [0.25, 0.3) is 0 Å². The molecular weight excluding hydrogens is 655 g/mol. The standard InChI is InChI=1S/C36H36Cl2N4O6/c1-45-31-9-8-25(16-33(31)46-2)32(17-28-29(37)19-40-20-30(28)38)47-35(43)26-6-3-5-23(15-26)21-42(27-7-4-12-39-18-27)36(44)48-34-22-41-13-10-24(34)11-14-41/h3-9,12,15-16,18-20,24,32,34H,10-11,13-14,17,21-22H2,1-2H3/p+1/t32-,34-/m0/s1. The third kappa shape index (κ3) is 7.67. The maximum absolute atomic E-state index is 13.8. The second-order valence-corrected chi connectivity index (χ2v) is 12.7. The number of H-pyrrole nitrogens is 1. The van der Waals surface area contributed by atoms with Gasteiger partial charge in [0, 0.05) is 24.7 Å². The number of piperidine rings is 3. The van der Waals surface area contributed by atoms with Crippen LogP contribution in [-0.4, -0.2) is 61.9 Å². The molecule has 250 valence electrons. The van der Waals surface area contributed by atoms with E-state index < -0.39 is 18.2 Å². The Morgan fingerprint density at radius 2 is 1.77 bits per heavy atom. The van der Waals surface area contributed by atoms with Gasteiger partial charge >= 0.3 is 12.1 Å². The highest BCUT2D eigenvalue weighted by Crippen LogP contribution is 2.36. The van der Waals surface area contributed by atoms with E-state index in [2.05, 4.69) is 14.9 Å². The number of pyridine rings is 2. The number of carbonyl (C=O) groups is 2. The van der Waals surface area contributed by atoms with Crippen molar-refractivity contribution in [3.8, 4) is 11.5 Å². The molecule has 1 N–H and O–H groups in total. The largest absolute Gasteiger partial charge is 0.493 e. The smallest absolute Gasteiger partial charge is 0.414 e. The summed E-state index contributed by atoms with van der Waals surface area (Å²) in [7, 11) is 3.09. The first-order valence-electron chi connectivity index (χ1n) is 15.8. The van der Waals surface area contributed by atoms with Gasteiger partial charge in [-0.2, -0.15) is 0 Å². The molecular formula is C36H37Cl2N4O6+. The summed E-state index contributed by atoms with van der Waals surface area (Å²) in [4.78, 5) is 38.5. The topological polar surface area (TPSA) is 105 Å². The van der Waals surface area contributed by atoms with Crippen molar-refractivity contribution in [2.24, 2.45) is 5.92 Å². The lowest BCUT2D eigenvalue weighted by Crippen LogP contribution is -2.53. The molecule has 7 rings (SSSR count). The van der Waals surface area contributed by atoms with Crippen LogP contribution >= 0.6 is 23.2 Å². The van der Waals surface area contributed by atoms with Gasteiger partial charge in [0.05, 0.1) is 38.2 Å². The summed E-state index contributed by atoms with van der Waals surface area (Å²) in [5, 5.41) is 0.818. The number of esters is 1. The fourth-order valence-electron chi connectivity index (χ4n) is 6.33. The lowest BCUT2D eigenvalue weighted by atomic mass is 9.86. The maximum atomic E-state index is 13.8. The van der Waals surface area contributed by atoms with E-state index in [9.17, 15) is 9.59 Å². The highest BCUT2D eigenvalue weighted by molar-refractivity contribution is 6.35. The first-order valence-corrected chi connectivity index (χ1v) is 16.5. The van der Waals surface area contributed by atoms with Gasteiger partial charge in [0.2, 0.25) is 0 Å². The first kappa shape index (κ1) is 33.5. The van der Waals surface area contributed by atoms with Gasteiger partial charge < -0.3 is 18.9 Å². The Hall–Kier alpha value is -4.38. The van der Waals surface area contributed by atoms with Crippen molar-refractivity contribution in [1.29, 1.82) is 0 Å². The minimum atomic E-state index is -0.776. The molecule has 12 heteroatoms. The van der Waals surface area contributed by atoms with Crippen LogP contribution in [0.4, 0.5) is 10.5 Å². The summed E-state index contributed by atoms with van der Waals surface area (Å²) in [6.07, 6.45) is 7.40. The molecule has 3 fully saturated rings. The average molecular weight is 693 g/mol. The molecule has 4 aromatic rings. The second-order valence-electron chi connectivity index (χ2n) is 11.9. The van der Waals surface area contributed by atoms with Gasteiger partial charge in [-0.25, -0.2) is 14.6 Å². The molecule has 3 aliphatic heterocycles. The molecule has 3 aliphatic rings. The predicted octanol–water partition coefficient (Wildman–Crippen LogP) is 6.60. The number of hydrogen-bond acceptors (Lipinski definition) is 8. The minimum Gasteiger partial charge on any atom is -0.493 e. The third-order valence-corrected chi connectivity index (χ3v) is 9.62. The number of benzene rings is 2. The number of nitrogens with zero attached hydrogens (tertiary/aromatic N) is 3. The van der Waals surface area contributed by atoms with Crippen molar-refractivity contribution >= 4 is 41.0 Å². The first-order chi connectivity index (χ1) is 23.3. The summed E-state index contributed by atoms with van der Waals surface area (Å²) < 4.78 is 23.2. The SMILES string of the molecule is COc1ccc([C@H](Cc2c(Cl)c[nH+]cc2Cl)OC(=O)c2cccc(CN(C(=O)O[C@H]3CN4CCC3CC4)c3cccnc3)c2)cc1OC. The summed E-state index contributed by atoms with van der Waals surface area (Å²) in [5.41, 5.74) is 2.90. The number of rotatable bonds is 11. The van der Waals surface area contributed by atoms with Crippen molar-refractivity contribution in [2.45, 2.75) is 38.0 Å². The number of anilines is 1. The van der Waals surface area contributed by atoms with E-state index in [1.807, 2.05) is 12.1 Å². The summed E-state index contributed by atoms with van der Waals surface area (Å²) >= 11 is 13.0. The monoisotopic (exact) mass is 691 g/mol. The maximum Gasteiger partial charge on any atom is 0.414 e. The van der Waals surface area contributed by atoms with Gasteiger partial charge in [-0.3, -0.25) is 14.8 Å². The molecule has 0 spiro atoms. The molecule has 2 bridgehead atoms. The number of ether oxygens (including phenoxy) is 4. The summed E-state index contributed by atoms with van der Waals surface area (Å²) in [5.74, 6) is 0.825. The molecule has 2 aromatic heterocycles. The number of amides is 1. The highest BCUT2D eigenvalue weighted by atomic mass is 35.5. The third-order valence-electron chi connectivity index (χ3n) is 8.94. The van der Waals surface area contributed by atoms with Crippen LogP contribution in [0.5, 0.6) is 11.5 Å². The Morgan fingerprint density at radius 3 is 2.44 bits per heavy atom. The molecule has 0 saturated carbocycles.